The molecule has 0 spiro atoms. The van der Waals surface area contributed by atoms with Crippen LogP contribution in [-0.2, 0) is 17.8 Å². The zero-order valence-corrected chi connectivity index (χ0v) is 16.1. The molecule has 0 radical (unpaired) electrons. The van der Waals surface area contributed by atoms with Crippen molar-refractivity contribution in [3.8, 4) is 11.8 Å². The summed E-state index contributed by atoms with van der Waals surface area (Å²) in [4.78, 5) is 14.4. The molecule has 0 bridgehead atoms. The zero-order valence-electron chi connectivity index (χ0n) is 16.1. The summed E-state index contributed by atoms with van der Waals surface area (Å²) >= 11 is 0. The van der Waals surface area contributed by atoms with Crippen molar-refractivity contribution in [2.45, 2.75) is 26.8 Å². The molecule has 0 N–H and O–H groups in total. The van der Waals surface area contributed by atoms with Gasteiger partial charge in [0.2, 0.25) is 5.91 Å². The molecule has 1 heterocycles. The monoisotopic (exact) mass is 376 g/mol. The van der Waals surface area contributed by atoms with Crippen LogP contribution >= 0.6 is 0 Å². The van der Waals surface area contributed by atoms with Crippen LogP contribution in [0.15, 0.2) is 48.5 Å². The predicted molar refractivity (Wildman–Crippen MR) is 104 cm³/mol. The maximum Gasteiger partial charge on any atom is 0.227 e. The number of nitriles is 1. The molecular formula is C22H21FN4O. The van der Waals surface area contributed by atoms with Gasteiger partial charge < -0.3 is 4.90 Å². The third-order valence-electron chi connectivity index (χ3n) is 4.74. The summed E-state index contributed by atoms with van der Waals surface area (Å²) in [7, 11) is 1.75. The molecule has 3 rings (SSSR count). The number of carbonyl (C=O) groups is 1. The van der Waals surface area contributed by atoms with Crippen molar-refractivity contribution in [1.82, 2.24) is 14.7 Å². The normalized spacial score (nSPS) is 10.5. The molecule has 0 aliphatic heterocycles. The number of rotatable bonds is 5. The van der Waals surface area contributed by atoms with Crippen molar-refractivity contribution >= 4 is 5.91 Å². The van der Waals surface area contributed by atoms with Crippen LogP contribution in [-0.4, -0.2) is 27.6 Å². The van der Waals surface area contributed by atoms with Crippen molar-refractivity contribution in [3.05, 3.63) is 82.4 Å². The van der Waals surface area contributed by atoms with Crippen molar-refractivity contribution in [2.75, 3.05) is 7.05 Å². The molecular weight excluding hydrogens is 355 g/mol. The Kier molecular flexibility index (Phi) is 5.55. The Balaban J connectivity index is 1.76. The molecule has 28 heavy (non-hydrogen) atoms. The second-order valence-corrected chi connectivity index (χ2v) is 6.78. The summed E-state index contributed by atoms with van der Waals surface area (Å²) in [5.74, 6) is -0.338. The smallest absolute Gasteiger partial charge is 0.227 e. The number of hydrogen-bond acceptors (Lipinski definition) is 3. The first-order valence-corrected chi connectivity index (χ1v) is 8.93. The van der Waals surface area contributed by atoms with Crippen LogP contribution < -0.4 is 0 Å². The molecule has 0 saturated carbocycles. The molecule has 0 fully saturated rings. The average Bonchev–Trinajstić information content (AvgIpc) is 2.97. The van der Waals surface area contributed by atoms with Crippen LogP contribution in [0.2, 0.25) is 0 Å². The highest BCUT2D eigenvalue weighted by Gasteiger charge is 2.18. The van der Waals surface area contributed by atoms with Gasteiger partial charge >= 0.3 is 0 Å². The first kappa shape index (κ1) is 19.3. The fraction of sp³-hybridized carbons (Fsp3) is 0.227. The third-order valence-corrected chi connectivity index (χ3v) is 4.74. The molecule has 1 amide bonds. The van der Waals surface area contributed by atoms with Crippen molar-refractivity contribution in [3.63, 3.8) is 0 Å². The Morgan fingerprint density at radius 3 is 2.61 bits per heavy atom. The predicted octanol–water partition coefficient (Wildman–Crippen LogP) is 3.70. The van der Waals surface area contributed by atoms with Crippen LogP contribution in [0.5, 0.6) is 0 Å². The van der Waals surface area contributed by atoms with Crippen LogP contribution in [0.4, 0.5) is 4.39 Å². The van der Waals surface area contributed by atoms with E-state index in [0.29, 0.717) is 12.1 Å². The first-order chi connectivity index (χ1) is 13.4. The second-order valence-electron chi connectivity index (χ2n) is 6.78. The first-order valence-electron chi connectivity index (χ1n) is 8.93. The molecule has 0 atom stereocenters. The molecule has 5 nitrogen and oxygen atoms in total. The quantitative estimate of drug-likeness (QED) is 0.682. The summed E-state index contributed by atoms with van der Waals surface area (Å²) < 4.78 is 14.9. The Hall–Kier alpha value is -3.46. The number of hydrogen-bond donors (Lipinski definition) is 0. The topological polar surface area (TPSA) is 61.9 Å². The second kappa shape index (κ2) is 8.05. The molecule has 0 saturated heterocycles. The lowest BCUT2D eigenvalue weighted by Crippen LogP contribution is -2.28. The van der Waals surface area contributed by atoms with E-state index in [-0.39, 0.29) is 18.1 Å². The number of carbonyl (C=O) groups excluding carboxylic acids is 1. The molecule has 0 unspecified atom stereocenters. The molecule has 3 aromatic rings. The van der Waals surface area contributed by atoms with Gasteiger partial charge in [-0.25, -0.2) is 9.07 Å². The fourth-order valence-electron chi connectivity index (χ4n) is 3.15. The number of benzene rings is 2. The number of aromatic nitrogens is 2. The van der Waals surface area contributed by atoms with E-state index in [1.165, 1.54) is 12.1 Å². The maximum absolute atomic E-state index is 13.2. The average molecular weight is 376 g/mol. The van der Waals surface area contributed by atoms with Crippen molar-refractivity contribution in [2.24, 2.45) is 0 Å². The van der Waals surface area contributed by atoms with Crippen LogP contribution in [0.1, 0.15) is 28.1 Å². The minimum Gasteiger partial charge on any atom is -0.341 e. The van der Waals surface area contributed by atoms with Crippen LogP contribution in [0, 0.1) is 31.0 Å². The van der Waals surface area contributed by atoms with Gasteiger partial charge in [-0.1, -0.05) is 12.1 Å². The van der Waals surface area contributed by atoms with Gasteiger partial charge in [0, 0.05) is 24.8 Å². The highest BCUT2D eigenvalue weighted by molar-refractivity contribution is 5.79. The summed E-state index contributed by atoms with van der Waals surface area (Å²) in [6.07, 6.45) is 0.229. The summed E-state index contributed by atoms with van der Waals surface area (Å²) in [5, 5.41) is 13.5. The fourth-order valence-corrected chi connectivity index (χ4v) is 3.15. The van der Waals surface area contributed by atoms with E-state index in [9.17, 15) is 9.18 Å². The zero-order chi connectivity index (χ0) is 20.3. The van der Waals surface area contributed by atoms with Crippen molar-refractivity contribution < 1.29 is 9.18 Å². The number of likely N-dealkylation sites (N-methyl/N-ethyl adjacent to an activating group) is 1. The summed E-state index contributed by atoms with van der Waals surface area (Å²) in [6.45, 7) is 4.20. The number of aryl methyl sites for hydroxylation is 1. The molecule has 0 aliphatic carbocycles. The molecule has 6 heteroatoms. The van der Waals surface area contributed by atoms with Crippen LogP contribution in [0.25, 0.3) is 5.69 Å². The van der Waals surface area contributed by atoms with Gasteiger partial charge in [-0.2, -0.15) is 10.4 Å². The van der Waals surface area contributed by atoms with E-state index >= 15 is 0 Å². The van der Waals surface area contributed by atoms with Gasteiger partial charge in [-0.15, -0.1) is 0 Å². The molecule has 142 valence electrons. The van der Waals surface area contributed by atoms with E-state index in [4.69, 9.17) is 5.26 Å². The van der Waals surface area contributed by atoms with E-state index in [2.05, 4.69) is 11.2 Å². The lowest BCUT2D eigenvalue weighted by atomic mass is 10.1. The summed E-state index contributed by atoms with van der Waals surface area (Å²) in [5.41, 5.74) is 4.73. The van der Waals surface area contributed by atoms with E-state index in [1.807, 2.05) is 26.0 Å². The van der Waals surface area contributed by atoms with Gasteiger partial charge in [-0.05, 0) is 55.8 Å². The minimum atomic E-state index is -0.303. The van der Waals surface area contributed by atoms with E-state index < -0.39 is 0 Å². The lowest BCUT2D eigenvalue weighted by Gasteiger charge is -2.17. The maximum atomic E-state index is 13.2. The number of halogens is 1. The number of amides is 1. The Labute approximate surface area is 163 Å². The Bertz CT molecular complexity index is 1050. The lowest BCUT2D eigenvalue weighted by molar-refractivity contribution is -0.129. The van der Waals surface area contributed by atoms with Gasteiger partial charge in [0.25, 0.3) is 0 Å². The Morgan fingerprint density at radius 1 is 1.21 bits per heavy atom. The van der Waals surface area contributed by atoms with Gasteiger partial charge in [0.1, 0.15) is 5.82 Å². The molecule has 1 aromatic heterocycles. The Morgan fingerprint density at radius 2 is 1.93 bits per heavy atom. The standard InChI is InChI=1S/C22H21FN4O/c1-15-21(16(2)27(25-15)20-9-7-19(23)8-10-20)12-22(28)26(3)14-18-6-4-5-17(11-18)13-24/h4-11H,12,14H2,1-3H3. The largest absolute Gasteiger partial charge is 0.341 e. The summed E-state index contributed by atoms with van der Waals surface area (Å²) in [6, 6.07) is 15.4. The minimum absolute atomic E-state index is 0.0350. The molecule has 2 aromatic carbocycles. The highest BCUT2D eigenvalue weighted by atomic mass is 19.1. The third kappa shape index (κ3) is 4.09. The van der Waals surface area contributed by atoms with E-state index in [0.717, 1.165) is 28.2 Å². The highest BCUT2D eigenvalue weighted by Crippen LogP contribution is 2.20. The SMILES string of the molecule is Cc1nn(-c2ccc(F)cc2)c(C)c1CC(=O)N(C)Cc1cccc(C#N)c1. The van der Waals surface area contributed by atoms with Crippen molar-refractivity contribution in [1.29, 1.82) is 5.26 Å². The van der Waals surface area contributed by atoms with E-state index in [1.54, 1.807) is 40.9 Å². The molecule has 0 aliphatic rings. The van der Waals surface area contributed by atoms with Gasteiger partial charge in [-0.3, -0.25) is 4.79 Å². The van der Waals surface area contributed by atoms with Crippen LogP contribution in [0.3, 0.4) is 0 Å². The van der Waals surface area contributed by atoms with Gasteiger partial charge in [0.05, 0.1) is 29.4 Å². The number of nitrogens with zero attached hydrogens (tertiary/aromatic N) is 4. The van der Waals surface area contributed by atoms with Gasteiger partial charge in [0.15, 0.2) is 0 Å².